The first-order valence-corrected chi connectivity index (χ1v) is 20.0. The number of amides is 1. The number of nitrogens with one attached hydrogen (secondary N) is 1. The maximum absolute atomic E-state index is 12.9. The topological polar surface area (TPSA) is 124 Å². The average molecular weight is 728 g/mol. The van der Waals surface area contributed by atoms with E-state index in [4.69, 9.17) is 10.1 Å². The van der Waals surface area contributed by atoms with E-state index in [9.17, 15) is 19.5 Å². The van der Waals surface area contributed by atoms with Gasteiger partial charge in [-0.2, -0.15) is 5.10 Å². The number of carboxylic acids is 1. The van der Waals surface area contributed by atoms with Crippen LogP contribution >= 0.6 is 0 Å². The van der Waals surface area contributed by atoms with E-state index in [0.29, 0.717) is 64.3 Å². The van der Waals surface area contributed by atoms with Gasteiger partial charge in [0.05, 0.1) is 17.8 Å². The SMILES string of the molecule is CC.CCC(=O)CCCC(=O)N1CCN(c2cc(C(CC(=O)O)CN3CCC(CCc4ccc5c(n4)NCCC5)C3)cc(-n3nc(C)cc3C)c2)CC1. The summed E-state index contributed by atoms with van der Waals surface area (Å²) in [5.41, 5.74) is 7.37. The Morgan fingerprint density at radius 3 is 2.47 bits per heavy atom. The van der Waals surface area contributed by atoms with Crippen LogP contribution in [0.3, 0.4) is 0 Å². The molecule has 53 heavy (non-hydrogen) atoms. The summed E-state index contributed by atoms with van der Waals surface area (Å²) in [6, 6.07) is 12.9. The predicted molar refractivity (Wildman–Crippen MR) is 211 cm³/mol. The quantitative estimate of drug-likeness (QED) is 0.179. The lowest BCUT2D eigenvalue weighted by molar-refractivity contribution is -0.137. The molecule has 6 rings (SSSR count). The van der Waals surface area contributed by atoms with Crippen LogP contribution in [-0.2, 0) is 27.2 Å². The third-order valence-electron chi connectivity index (χ3n) is 10.9. The van der Waals surface area contributed by atoms with Gasteiger partial charge in [-0.25, -0.2) is 9.67 Å². The fraction of sp³-hybridized carbons (Fsp3) is 0.595. The lowest BCUT2D eigenvalue weighted by Gasteiger charge is -2.37. The standard InChI is InChI=1S/C40H55N7O4.C2H6/c1-4-37(48)8-5-9-38(49)46-19-17-45(18-20-46)35-22-32(23-36(25-35)47-29(3)21-28(2)43-47)33(24-39(50)51)27-44-16-14-30(26-44)10-12-34-13-11-31-7-6-15-41-40(31)42-34;1-2/h11,13,21-23,25,30,33H,4-10,12,14-20,24,26-27H2,1-3H3,(H,41,42)(H,50,51);1-2H3. The number of aliphatic carboxylic acids is 1. The van der Waals surface area contributed by atoms with Gasteiger partial charge in [-0.1, -0.05) is 26.8 Å². The second-order valence-electron chi connectivity index (χ2n) is 14.8. The minimum atomic E-state index is -0.798. The molecule has 0 bridgehead atoms. The molecule has 0 saturated carbocycles. The smallest absolute Gasteiger partial charge is 0.304 e. The Labute approximate surface area is 316 Å². The van der Waals surface area contributed by atoms with Crippen molar-refractivity contribution >= 4 is 29.2 Å². The number of pyridine rings is 1. The maximum Gasteiger partial charge on any atom is 0.304 e. The summed E-state index contributed by atoms with van der Waals surface area (Å²) in [4.78, 5) is 48.5. The number of aromatic nitrogens is 3. The van der Waals surface area contributed by atoms with Crippen LogP contribution in [-0.4, -0.2) is 99.7 Å². The zero-order chi connectivity index (χ0) is 37.9. The van der Waals surface area contributed by atoms with E-state index < -0.39 is 5.97 Å². The summed E-state index contributed by atoms with van der Waals surface area (Å²) >= 11 is 0. The number of hydrogen-bond donors (Lipinski definition) is 2. The van der Waals surface area contributed by atoms with E-state index in [1.807, 2.05) is 44.2 Å². The second kappa shape index (κ2) is 19.2. The van der Waals surface area contributed by atoms with E-state index in [1.54, 1.807) is 0 Å². The Kier molecular flexibility index (Phi) is 14.5. The first-order valence-electron chi connectivity index (χ1n) is 20.0. The van der Waals surface area contributed by atoms with Gasteiger partial charge in [0.25, 0.3) is 0 Å². The molecule has 3 aromatic rings. The monoisotopic (exact) mass is 727 g/mol. The minimum Gasteiger partial charge on any atom is -0.481 e. The third-order valence-corrected chi connectivity index (χ3v) is 10.9. The Morgan fingerprint density at radius 2 is 1.75 bits per heavy atom. The molecule has 3 aliphatic rings. The van der Waals surface area contributed by atoms with Crippen LogP contribution in [0.4, 0.5) is 11.5 Å². The Morgan fingerprint density at radius 1 is 0.981 bits per heavy atom. The fourth-order valence-electron chi connectivity index (χ4n) is 8.02. The van der Waals surface area contributed by atoms with Crippen molar-refractivity contribution in [2.24, 2.45) is 5.92 Å². The molecular weight excluding hydrogens is 667 g/mol. The number of likely N-dealkylation sites (tertiary alicyclic amines) is 1. The summed E-state index contributed by atoms with van der Waals surface area (Å²) in [6.45, 7) is 16.1. The highest BCUT2D eigenvalue weighted by atomic mass is 16.4. The molecule has 2 saturated heterocycles. The van der Waals surface area contributed by atoms with E-state index in [2.05, 4.69) is 51.5 Å². The molecule has 0 aliphatic carbocycles. The van der Waals surface area contributed by atoms with Crippen LogP contribution in [0.2, 0.25) is 0 Å². The zero-order valence-electron chi connectivity index (χ0n) is 32.7. The number of benzene rings is 1. The van der Waals surface area contributed by atoms with Crippen LogP contribution in [0.5, 0.6) is 0 Å². The maximum atomic E-state index is 12.9. The van der Waals surface area contributed by atoms with Crippen molar-refractivity contribution in [1.29, 1.82) is 0 Å². The summed E-state index contributed by atoms with van der Waals surface area (Å²) in [7, 11) is 0. The molecule has 5 heterocycles. The molecule has 2 atom stereocenters. The average Bonchev–Trinajstić information content (AvgIpc) is 3.78. The van der Waals surface area contributed by atoms with Crippen molar-refractivity contribution < 1.29 is 19.5 Å². The zero-order valence-corrected chi connectivity index (χ0v) is 32.7. The minimum absolute atomic E-state index is 0.0516. The summed E-state index contributed by atoms with van der Waals surface area (Å²) in [6.07, 6.45) is 7.44. The highest BCUT2D eigenvalue weighted by molar-refractivity contribution is 5.80. The second-order valence-corrected chi connectivity index (χ2v) is 14.8. The molecule has 1 amide bonds. The first-order chi connectivity index (χ1) is 25.6. The van der Waals surface area contributed by atoms with Crippen LogP contribution < -0.4 is 10.2 Å². The van der Waals surface area contributed by atoms with E-state index in [1.165, 1.54) is 5.56 Å². The number of fused-ring (bicyclic) bond motifs is 1. The van der Waals surface area contributed by atoms with Gasteiger partial charge >= 0.3 is 5.97 Å². The van der Waals surface area contributed by atoms with E-state index in [-0.39, 0.29) is 24.0 Å². The number of carboxylic acid groups (broad SMARTS) is 1. The van der Waals surface area contributed by atoms with E-state index >= 15 is 0 Å². The van der Waals surface area contributed by atoms with Crippen molar-refractivity contribution in [3.63, 3.8) is 0 Å². The molecule has 2 aromatic heterocycles. The third kappa shape index (κ3) is 10.9. The number of piperazine rings is 1. The summed E-state index contributed by atoms with van der Waals surface area (Å²) < 4.78 is 1.95. The molecule has 3 aliphatic heterocycles. The highest BCUT2D eigenvalue weighted by Crippen LogP contribution is 2.32. The van der Waals surface area contributed by atoms with Gasteiger partial charge in [-0.15, -0.1) is 0 Å². The molecule has 2 unspecified atom stereocenters. The normalized spacial score (nSPS) is 17.8. The van der Waals surface area contributed by atoms with Crippen molar-refractivity contribution in [2.75, 3.05) is 62.6 Å². The Hall–Kier alpha value is -4.25. The lowest BCUT2D eigenvalue weighted by Crippen LogP contribution is -2.48. The van der Waals surface area contributed by atoms with Crippen molar-refractivity contribution in [3.8, 4) is 5.69 Å². The van der Waals surface area contributed by atoms with Crippen LogP contribution in [0.1, 0.15) is 106 Å². The van der Waals surface area contributed by atoms with Gasteiger partial charge in [0.1, 0.15) is 11.6 Å². The molecule has 2 N–H and O–H groups in total. The van der Waals surface area contributed by atoms with Crippen LogP contribution in [0.25, 0.3) is 5.69 Å². The van der Waals surface area contributed by atoms with Crippen molar-refractivity contribution in [2.45, 2.75) is 105 Å². The number of rotatable bonds is 15. The van der Waals surface area contributed by atoms with Gasteiger partial charge in [0, 0.05) is 88.1 Å². The molecule has 1 aromatic carbocycles. The summed E-state index contributed by atoms with van der Waals surface area (Å²) in [5, 5.41) is 18.3. The number of hydrogen-bond acceptors (Lipinski definition) is 8. The fourth-order valence-corrected chi connectivity index (χ4v) is 8.02. The lowest BCUT2D eigenvalue weighted by atomic mass is 9.93. The predicted octanol–water partition coefficient (Wildman–Crippen LogP) is 6.58. The van der Waals surface area contributed by atoms with Crippen LogP contribution in [0, 0.1) is 19.8 Å². The number of anilines is 2. The molecule has 0 spiro atoms. The number of carbonyl (C=O) groups is 3. The van der Waals surface area contributed by atoms with Gasteiger partial charge in [-0.3, -0.25) is 14.4 Å². The number of ketones is 1. The van der Waals surface area contributed by atoms with Crippen molar-refractivity contribution in [3.05, 3.63) is 64.6 Å². The van der Waals surface area contributed by atoms with Gasteiger partial charge in [0.15, 0.2) is 0 Å². The Bertz CT molecular complexity index is 1700. The molecule has 288 valence electrons. The molecule has 2 fully saturated rings. The highest BCUT2D eigenvalue weighted by Gasteiger charge is 2.29. The summed E-state index contributed by atoms with van der Waals surface area (Å²) in [5.74, 6) is 0.943. The molecule has 11 nitrogen and oxygen atoms in total. The molecule has 0 radical (unpaired) electrons. The largest absolute Gasteiger partial charge is 0.481 e. The van der Waals surface area contributed by atoms with E-state index in [0.717, 1.165) is 91.6 Å². The number of carbonyl (C=O) groups excluding carboxylic acids is 2. The van der Waals surface area contributed by atoms with Crippen molar-refractivity contribution in [1.82, 2.24) is 24.6 Å². The Balaban J connectivity index is 0.00000266. The van der Waals surface area contributed by atoms with Gasteiger partial charge in [-0.05, 0) is 106 Å². The van der Waals surface area contributed by atoms with Gasteiger partial charge in [0.2, 0.25) is 5.91 Å². The molecular formula is C42H61N7O4. The first kappa shape index (κ1) is 39.9. The number of nitrogens with zero attached hydrogens (tertiary/aromatic N) is 6. The number of aryl methyl sites for hydroxylation is 4. The molecule has 11 heteroatoms. The van der Waals surface area contributed by atoms with Gasteiger partial charge < -0.3 is 25.1 Å². The number of Topliss-reactive ketones (excluding diaryl/α,β-unsaturated/α-hetero) is 1. The van der Waals surface area contributed by atoms with Crippen LogP contribution in [0.15, 0.2) is 36.4 Å².